The summed E-state index contributed by atoms with van der Waals surface area (Å²) >= 11 is 0. The molecule has 5 nitrogen and oxygen atoms in total. The summed E-state index contributed by atoms with van der Waals surface area (Å²) in [6.07, 6.45) is -1.81. The van der Waals surface area contributed by atoms with Gasteiger partial charge in [-0.05, 0) is 38.5 Å². The van der Waals surface area contributed by atoms with Crippen molar-refractivity contribution in [3.8, 4) is 0 Å². The van der Waals surface area contributed by atoms with E-state index >= 15 is 0 Å². The molecule has 2 aromatic rings. The van der Waals surface area contributed by atoms with E-state index in [0.29, 0.717) is 5.82 Å². The summed E-state index contributed by atoms with van der Waals surface area (Å²) in [4.78, 5) is 25.7. The van der Waals surface area contributed by atoms with Crippen LogP contribution in [0.4, 0.5) is 19.0 Å². The molecule has 1 aromatic heterocycles. The normalized spacial score (nSPS) is 18.7. The first-order valence-electron chi connectivity index (χ1n) is 8.87. The standard InChI is InChI=1S/C19H19F3N4O/c1-10-16-15(23-11(2)24-18(16)25-6-3-7-25)9-26(10)19(27)12-4-5-13(17(21)22)14(20)8-12/h4-5,8,10,17H,3,6-7,9H2,1-2H3/t10-/m1/s1. The van der Waals surface area contributed by atoms with E-state index in [1.165, 1.54) is 6.07 Å². The molecule has 0 radical (unpaired) electrons. The predicted molar refractivity (Wildman–Crippen MR) is 93.2 cm³/mol. The Morgan fingerprint density at radius 1 is 1.26 bits per heavy atom. The summed E-state index contributed by atoms with van der Waals surface area (Å²) in [7, 11) is 0. The zero-order chi connectivity index (χ0) is 19.3. The number of benzene rings is 1. The van der Waals surface area contributed by atoms with Crippen LogP contribution in [0.2, 0.25) is 0 Å². The minimum absolute atomic E-state index is 0.0479. The summed E-state index contributed by atoms with van der Waals surface area (Å²) in [5.41, 5.74) is 1.05. The number of anilines is 1. The van der Waals surface area contributed by atoms with Gasteiger partial charge < -0.3 is 9.80 Å². The van der Waals surface area contributed by atoms with Gasteiger partial charge in [0.25, 0.3) is 12.3 Å². The molecule has 0 unspecified atom stereocenters. The highest BCUT2D eigenvalue weighted by molar-refractivity contribution is 5.95. The van der Waals surface area contributed by atoms with Crippen molar-refractivity contribution in [2.75, 3.05) is 18.0 Å². The van der Waals surface area contributed by atoms with Gasteiger partial charge in [0, 0.05) is 24.2 Å². The molecule has 1 fully saturated rings. The maximum Gasteiger partial charge on any atom is 0.266 e. The van der Waals surface area contributed by atoms with E-state index in [0.717, 1.165) is 48.7 Å². The second kappa shape index (κ2) is 6.51. The van der Waals surface area contributed by atoms with Crippen LogP contribution in [0.1, 0.15) is 58.8 Å². The summed E-state index contributed by atoms with van der Waals surface area (Å²) in [5.74, 6) is 0.0137. The molecule has 0 N–H and O–H groups in total. The van der Waals surface area contributed by atoms with E-state index in [2.05, 4.69) is 14.9 Å². The number of carbonyl (C=O) groups is 1. The minimum atomic E-state index is -2.92. The van der Waals surface area contributed by atoms with Crippen molar-refractivity contribution in [3.05, 3.63) is 52.2 Å². The number of halogens is 3. The Morgan fingerprint density at radius 3 is 2.59 bits per heavy atom. The first-order chi connectivity index (χ1) is 12.9. The number of amides is 1. The van der Waals surface area contributed by atoms with Gasteiger partial charge in [0.05, 0.1) is 23.8 Å². The molecule has 1 atom stereocenters. The summed E-state index contributed by atoms with van der Waals surface area (Å²) in [5, 5.41) is 0. The Hall–Kier alpha value is -2.64. The minimum Gasteiger partial charge on any atom is -0.356 e. The third-order valence-electron chi connectivity index (χ3n) is 5.22. The average Bonchev–Trinajstić information content (AvgIpc) is 2.88. The zero-order valence-electron chi connectivity index (χ0n) is 15.0. The molecule has 0 spiro atoms. The highest BCUT2D eigenvalue weighted by Gasteiger charge is 2.37. The van der Waals surface area contributed by atoms with Crippen molar-refractivity contribution in [2.24, 2.45) is 0 Å². The first kappa shape index (κ1) is 17.8. The summed E-state index contributed by atoms with van der Waals surface area (Å²) < 4.78 is 39.4. The average molecular weight is 376 g/mol. The van der Waals surface area contributed by atoms with Crippen molar-refractivity contribution in [2.45, 2.75) is 39.3 Å². The van der Waals surface area contributed by atoms with Crippen LogP contribution < -0.4 is 4.90 Å². The lowest BCUT2D eigenvalue weighted by Gasteiger charge is -2.34. The second-order valence-corrected chi connectivity index (χ2v) is 6.94. The molecule has 3 heterocycles. The summed E-state index contributed by atoms with van der Waals surface area (Å²) in [6.45, 7) is 5.83. The zero-order valence-corrected chi connectivity index (χ0v) is 15.0. The number of rotatable bonds is 3. The molecule has 1 saturated heterocycles. The fraction of sp³-hybridized carbons (Fsp3) is 0.421. The molecular weight excluding hydrogens is 357 g/mol. The lowest BCUT2D eigenvalue weighted by atomic mass is 10.1. The number of carbonyl (C=O) groups excluding carboxylic acids is 1. The SMILES string of the molecule is Cc1nc2c(c(N3CCC3)n1)[C@@H](C)N(C(=O)c1ccc(C(F)F)c(F)c1)C2. The van der Waals surface area contributed by atoms with Crippen molar-refractivity contribution in [3.63, 3.8) is 0 Å². The van der Waals surface area contributed by atoms with Gasteiger partial charge in [-0.1, -0.05) is 0 Å². The third-order valence-corrected chi connectivity index (χ3v) is 5.22. The molecule has 27 heavy (non-hydrogen) atoms. The van der Waals surface area contributed by atoms with Crippen molar-refractivity contribution >= 4 is 11.7 Å². The molecule has 0 bridgehead atoms. The number of aromatic nitrogens is 2. The molecular formula is C19H19F3N4O. The predicted octanol–water partition coefficient (Wildman–Crippen LogP) is 3.79. The maximum absolute atomic E-state index is 13.9. The fourth-order valence-electron chi connectivity index (χ4n) is 3.65. The lowest BCUT2D eigenvalue weighted by Crippen LogP contribution is -2.39. The van der Waals surface area contributed by atoms with Gasteiger partial charge in [-0.2, -0.15) is 0 Å². The van der Waals surface area contributed by atoms with E-state index in [1.54, 1.807) is 4.90 Å². The smallest absolute Gasteiger partial charge is 0.266 e. The van der Waals surface area contributed by atoms with Gasteiger partial charge in [0.1, 0.15) is 17.5 Å². The van der Waals surface area contributed by atoms with E-state index < -0.39 is 23.7 Å². The van der Waals surface area contributed by atoms with E-state index in [4.69, 9.17) is 0 Å². The van der Waals surface area contributed by atoms with E-state index in [1.807, 2.05) is 13.8 Å². The maximum atomic E-state index is 13.9. The second-order valence-electron chi connectivity index (χ2n) is 6.94. The number of nitrogens with zero attached hydrogens (tertiary/aromatic N) is 4. The van der Waals surface area contributed by atoms with Crippen LogP contribution in [0, 0.1) is 12.7 Å². The van der Waals surface area contributed by atoms with Gasteiger partial charge >= 0.3 is 0 Å². The topological polar surface area (TPSA) is 49.3 Å². The van der Waals surface area contributed by atoms with Crippen LogP contribution in [-0.4, -0.2) is 33.9 Å². The van der Waals surface area contributed by atoms with Crippen LogP contribution >= 0.6 is 0 Å². The molecule has 4 rings (SSSR count). The Balaban J connectivity index is 1.66. The Bertz CT molecular complexity index is 914. The van der Waals surface area contributed by atoms with Gasteiger partial charge in [-0.3, -0.25) is 4.79 Å². The van der Waals surface area contributed by atoms with Crippen molar-refractivity contribution in [1.29, 1.82) is 0 Å². The molecule has 0 aliphatic carbocycles. The highest BCUT2D eigenvalue weighted by Crippen LogP contribution is 2.40. The van der Waals surface area contributed by atoms with E-state index in [9.17, 15) is 18.0 Å². The first-order valence-corrected chi connectivity index (χ1v) is 8.87. The highest BCUT2D eigenvalue weighted by atomic mass is 19.3. The van der Waals surface area contributed by atoms with Crippen LogP contribution in [0.15, 0.2) is 18.2 Å². The molecule has 2 aliphatic rings. The molecule has 8 heteroatoms. The number of hydrogen-bond acceptors (Lipinski definition) is 4. The summed E-state index contributed by atoms with van der Waals surface area (Å²) in [6, 6.07) is 2.82. The van der Waals surface area contributed by atoms with Crippen molar-refractivity contribution in [1.82, 2.24) is 14.9 Å². The molecule has 2 aliphatic heterocycles. The number of fused-ring (bicyclic) bond motifs is 1. The lowest BCUT2D eigenvalue weighted by molar-refractivity contribution is 0.0703. The largest absolute Gasteiger partial charge is 0.356 e. The van der Waals surface area contributed by atoms with Gasteiger partial charge in [-0.25, -0.2) is 23.1 Å². The van der Waals surface area contributed by atoms with Crippen molar-refractivity contribution < 1.29 is 18.0 Å². The Morgan fingerprint density at radius 2 is 2.00 bits per heavy atom. The van der Waals surface area contributed by atoms with Crippen LogP contribution in [0.3, 0.4) is 0 Å². The fourth-order valence-corrected chi connectivity index (χ4v) is 3.65. The molecule has 1 amide bonds. The number of aryl methyl sites for hydroxylation is 1. The van der Waals surface area contributed by atoms with Gasteiger partial charge in [0.2, 0.25) is 0 Å². The Labute approximate surface area is 154 Å². The Kier molecular flexibility index (Phi) is 4.28. The van der Waals surface area contributed by atoms with Crippen LogP contribution in [-0.2, 0) is 6.54 Å². The number of alkyl halides is 2. The van der Waals surface area contributed by atoms with E-state index in [-0.39, 0.29) is 18.2 Å². The number of hydrogen-bond donors (Lipinski definition) is 0. The molecule has 142 valence electrons. The quantitative estimate of drug-likeness (QED) is 0.818. The van der Waals surface area contributed by atoms with Gasteiger partial charge in [-0.15, -0.1) is 0 Å². The van der Waals surface area contributed by atoms with Crippen LogP contribution in [0.5, 0.6) is 0 Å². The van der Waals surface area contributed by atoms with Gasteiger partial charge in [0.15, 0.2) is 0 Å². The molecule has 0 saturated carbocycles. The van der Waals surface area contributed by atoms with Crippen LogP contribution in [0.25, 0.3) is 0 Å². The monoisotopic (exact) mass is 376 g/mol. The third kappa shape index (κ3) is 2.93. The molecule has 1 aromatic carbocycles.